The average molecular weight is 445 g/mol. The number of hydrogen-bond acceptors (Lipinski definition) is 4. The number of likely N-dealkylation sites (N-methyl/N-ethyl adjacent to an activating group) is 1. The van der Waals surface area contributed by atoms with Crippen molar-refractivity contribution in [2.45, 2.75) is 36.7 Å². The summed E-state index contributed by atoms with van der Waals surface area (Å²) in [6.45, 7) is 0. The lowest BCUT2D eigenvalue weighted by atomic mass is 10.1. The van der Waals surface area contributed by atoms with E-state index < -0.39 is 11.9 Å². The average Bonchev–Trinajstić information content (AvgIpc) is 3.03. The van der Waals surface area contributed by atoms with E-state index >= 15 is 0 Å². The van der Waals surface area contributed by atoms with Crippen LogP contribution in [0.2, 0.25) is 0 Å². The highest BCUT2D eigenvalue weighted by Gasteiger charge is 2.40. The number of carbonyl (C=O) groups is 3. The number of anilines is 1. The summed E-state index contributed by atoms with van der Waals surface area (Å²) in [6.07, 6.45) is 3.18. The molecular weight excluding hydrogens is 419 g/mol. The van der Waals surface area contributed by atoms with Crippen LogP contribution in [0.1, 0.15) is 19.3 Å². The maximum Gasteiger partial charge on any atom is 0.328 e. The van der Waals surface area contributed by atoms with Gasteiger partial charge in [-0.1, -0.05) is 18.2 Å². The lowest BCUT2D eigenvalue weighted by Crippen LogP contribution is -2.49. The van der Waals surface area contributed by atoms with Gasteiger partial charge < -0.3 is 20.0 Å². The first-order valence-corrected chi connectivity index (χ1v) is 10.0. The molecule has 1 fully saturated rings. The summed E-state index contributed by atoms with van der Waals surface area (Å²) in [5.74, 6) is -2.11. The Bertz CT molecular complexity index is 696. The number of nitrogens with zero attached hydrogens (tertiary/aromatic N) is 2. The van der Waals surface area contributed by atoms with Gasteiger partial charge in [0.1, 0.15) is 0 Å². The Morgan fingerprint density at radius 3 is 2.00 bits per heavy atom. The van der Waals surface area contributed by atoms with Gasteiger partial charge in [0.05, 0.1) is 6.04 Å². The predicted octanol–water partition coefficient (Wildman–Crippen LogP) is 3.06. The molecule has 2 rings (SSSR count). The number of carbonyl (C=O) groups excluding carboxylic acids is 1. The van der Waals surface area contributed by atoms with E-state index in [9.17, 15) is 14.4 Å². The van der Waals surface area contributed by atoms with Gasteiger partial charge >= 0.3 is 11.9 Å². The lowest BCUT2D eigenvalue weighted by Gasteiger charge is -2.36. The number of benzene rings is 1. The predicted molar refractivity (Wildman–Crippen MR) is 114 cm³/mol. The van der Waals surface area contributed by atoms with Gasteiger partial charge in [-0.05, 0) is 39.1 Å². The van der Waals surface area contributed by atoms with Gasteiger partial charge in [0.2, 0.25) is 5.91 Å². The van der Waals surface area contributed by atoms with Crippen molar-refractivity contribution in [2.24, 2.45) is 0 Å². The van der Waals surface area contributed by atoms with Crippen molar-refractivity contribution in [3.05, 3.63) is 42.5 Å². The fourth-order valence-electron chi connectivity index (χ4n) is 3.22. The summed E-state index contributed by atoms with van der Waals surface area (Å²) in [4.78, 5) is 35.8. The van der Waals surface area contributed by atoms with Crippen molar-refractivity contribution < 1.29 is 24.6 Å². The van der Waals surface area contributed by atoms with E-state index in [0.717, 1.165) is 18.5 Å². The molecule has 1 saturated carbocycles. The second-order valence-electron chi connectivity index (χ2n) is 6.72. The number of alkyl halides is 2. The number of para-hydroxylation sites is 1. The minimum absolute atomic E-state index is 0.0683. The zero-order valence-electron chi connectivity index (χ0n) is 16.4. The van der Waals surface area contributed by atoms with Crippen LogP contribution in [0.25, 0.3) is 0 Å². The lowest BCUT2D eigenvalue weighted by molar-refractivity contribution is -0.134. The fraction of sp³-hybridized carbons (Fsp3) is 0.450. The normalized spacial score (nSPS) is 20.9. The summed E-state index contributed by atoms with van der Waals surface area (Å²) in [6, 6.07) is 10.2. The van der Waals surface area contributed by atoms with Gasteiger partial charge in [-0.25, -0.2) is 9.59 Å². The smallest absolute Gasteiger partial charge is 0.328 e. The van der Waals surface area contributed by atoms with E-state index in [1.165, 1.54) is 0 Å². The summed E-state index contributed by atoms with van der Waals surface area (Å²) in [5, 5.41) is 15.7. The van der Waals surface area contributed by atoms with Crippen molar-refractivity contribution in [1.82, 2.24) is 4.90 Å². The second-order valence-corrected chi connectivity index (χ2v) is 7.71. The Labute approximate surface area is 180 Å². The number of aliphatic carboxylic acids is 2. The monoisotopic (exact) mass is 444 g/mol. The first-order chi connectivity index (χ1) is 13.7. The summed E-state index contributed by atoms with van der Waals surface area (Å²) >= 11 is 12.1. The Morgan fingerprint density at radius 2 is 1.55 bits per heavy atom. The third-order valence-electron chi connectivity index (χ3n) is 4.41. The molecule has 9 heteroatoms. The number of hydrogen-bond donors (Lipinski definition) is 2. The molecule has 7 nitrogen and oxygen atoms in total. The molecule has 1 aliphatic rings. The first kappa shape index (κ1) is 24.9. The third kappa shape index (κ3) is 8.43. The molecule has 0 aliphatic heterocycles. The minimum atomic E-state index is -1.26. The molecule has 0 heterocycles. The number of halogens is 2. The van der Waals surface area contributed by atoms with E-state index in [-0.39, 0.29) is 23.4 Å². The van der Waals surface area contributed by atoms with Gasteiger partial charge in [0.15, 0.2) is 0 Å². The van der Waals surface area contributed by atoms with Crippen molar-refractivity contribution >= 4 is 46.7 Å². The molecule has 0 radical (unpaired) electrons. The molecule has 0 bridgehead atoms. The highest BCUT2D eigenvalue weighted by molar-refractivity contribution is 6.21. The fourth-order valence-corrected chi connectivity index (χ4v) is 3.75. The Hall–Kier alpha value is -2.09. The molecule has 1 aromatic rings. The van der Waals surface area contributed by atoms with E-state index in [1.807, 2.05) is 49.3 Å². The van der Waals surface area contributed by atoms with E-state index in [2.05, 4.69) is 4.90 Å². The molecule has 1 aliphatic carbocycles. The third-order valence-corrected chi connectivity index (χ3v) is 4.96. The number of rotatable bonds is 7. The molecule has 160 valence electrons. The Balaban J connectivity index is 0.000000447. The molecule has 0 aromatic heterocycles. The Morgan fingerprint density at radius 1 is 1.03 bits per heavy atom. The zero-order chi connectivity index (χ0) is 22.0. The van der Waals surface area contributed by atoms with Crippen LogP contribution in [-0.2, 0) is 14.4 Å². The summed E-state index contributed by atoms with van der Waals surface area (Å²) < 4.78 is 0. The molecule has 2 N–H and O–H groups in total. The maximum absolute atomic E-state index is 12.6. The van der Waals surface area contributed by atoms with Crippen LogP contribution in [0.5, 0.6) is 0 Å². The highest BCUT2D eigenvalue weighted by atomic mass is 35.5. The molecule has 0 saturated heterocycles. The standard InChI is InChI=1S/C16H22Cl2N2O.C4H4O4/c1-19(2)14-10-12(18)11-15(14)20(16(21)8-9-17)13-6-4-3-5-7-13;5-3(6)1-2-4(7)8/h3-7,12,14-15H,8-11H2,1-2H3;1-2H,(H,5,6)(H,7,8)/b;2-1-/t12?,14-,15-;/m1./s1. The number of carboxylic acids is 2. The van der Waals surface area contributed by atoms with E-state index in [0.29, 0.717) is 24.5 Å². The van der Waals surface area contributed by atoms with Crippen LogP contribution in [0.15, 0.2) is 42.5 Å². The summed E-state index contributed by atoms with van der Waals surface area (Å²) in [5.41, 5.74) is 0.926. The SMILES string of the molecule is CN(C)[C@@H]1CC(Cl)C[C@H]1N(C(=O)CCCl)c1ccccc1.O=C(O)/C=C\C(=O)O. The van der Waals surface area contributed by atoms with Crippen molar-refractivity contribution in [1.29, 1.82) is 0 Å². The van der Waals surface area contributed by atoms with Crippen LogP contribution < -0.4 is 4.90 Å². The van der Waals surface area contributed by atoms with Gasteiger partial charge in [-0.15, -0.1) is 23.2 Å². The largest absolute Gasteiger partial charge is 0.478 e. The van der Waals surface area contributed by atoms with E-state index in [1.54, 1.807) is 0 Å². The minimum Gasteiger partial charge on any atom is -0.478 e. The van der Waals surface area contributed by atoms with E-state index in [4.69, 9.17) is 33.4 Å². The van der Waals surface area contributed by atoms with Crippen LogP contribution in [0.4, 0.5) is 5.69 Å². The molecule has 1 unspecified atom stereocenters. The van der Waals surface area contributed by atoms with Crippen LogP contribution in [0.3, 0.4) is 0 Å². The maximum atomic E-state index is 12.6. The number of carboxylic acid groups (broad SMARTS) is 2. The molecular formula is C20H26Cl2N2O5. The molecule has 3 atom stereocenters. The van der Waals surface area contributed by atoms with Crippen molar-refractivity contribution in [2.75, 3.05) is 24.9 Å². The Kier molecular flexibility index (Phi) is 10.7. The van der Waals surface area contributed by atoms with Crippen molar-refractivity contribution in [3.8, 4) is 0 Å². The molecule has 1 aromatic carbocycles. The van der Waals surface area contributed by atoms with Crippen LogP contribution in [-0.4, -0.2) is 70.4 Å². The zero-order valence-corrected chi connectivity index (χ0v) is 17.9. The van der Waals surface area contributed by atoms with Crippen molar-refractivity contribution in [3.63, 3.8) is 0 Å². The summed E-state index contributed by atoms with van der Waals surface area (Å²) in [7, 11) is 4.09. The first-order valence-electron chi connectivity index (χ1n) is 9.04. The van der Waals surface area contributed by atoms with Gasteiger partial charge in [0.25, 0.3) is 0 Å². The van der Waals surface area contributed by atoms with Crippen LogP contribution in [0, 0.1) is 0 Å². The molecule has 1 amide bonds. The second kappa shape index (κ2) is 12.5. The highest BCUT2D eigenvalue weighted by Crippen LogP contribution is 2.34. The van der Waals surface area contributed by atoms with Gasteiger partial charge in [-0.2, -0.15) is 0 Å². The molecule has 0 spiro atoms. The van der Waals surface area contributed by atoms with Gasteiger partial charge in [-0.3, -0.25) is 4.79 Å². The van der Waals surface area contributed by atoms with Gasteiger partial charge in [0, 0.05) is 41.6 Å². The topological polar surface area (TPSA) is 98.2 Å². The quantitative estimate of drug-likeness (QED) is 0.495. The van der Waals surface area contributed by atoms with Crippen LogP contribution >= 0.6 is 23.2 Å². The number of amides is 1. The molecule has 29 heavy (non-hydrogen) atoms.